The van der Waals surface area contributed by atoms with E-state index in [1.165, 1.54) is 4.90 Å². The van der Waals surface area contributed by atoms with Crippen LogP contribution in [-0.4, -0.2) is 67.0 Å². The van der Waals surface area contributed by atoms with E-state index in [-0.39, 0.29) is 37.1 Å². The van der Waals surface area contributed by atoms with E-state index < -0.39 is 11.5 Å². The number of benzene rings is 2. The summed E-state index contributed by atoms with van der Waals surface area (Å²) in [6.07, 6.45) is 0.977. The van der Waals surface area contributed by atoms with Crippen LogP contribution in [0.15, 0.2) is 48.5 Å². The van der Waals surface area contributed by atoms with Gasteiger partial charge >= 0.3 is 0 Å². The van der Waals surface area contributed by atoms with Gasteiger partial charge in [0.1, 0.15) is 6.04 Å². The quantitative estimate of drug-likeness (QED) is 0.578. The van der Waals surface area contributed by atoms with Crippen molar-refractivity contribution in [2.45, 2.75) is 52.6 Å². The molecule has 0 fully saturated rings. The highest BCUT2D eigenvalue weighted by Gasteiger charge is 2.30. The summed E-state index contributed by atoms with van der Waals surface area (Å²) in [6, 6.07) is 14.4. The summed E-state index contributed by atoms with van der Waals surface area (Å²) in [6.45, 7) is 7.50. The van der Waals surface area contributed by atoms with E-state index in [4.69, 9.17) is 9.47 Å². The molecule has 0 spiro atoms. The molecule has 0 saturated heterocycles. The van der Waals surface area contributed by atoms with Gasteiger partial charge in [0.05, 0.1) is 6.54 Å². The minimum Gasteiger partial charge on any atom is -0.454 e. The lowest BCUT2D eigenvalue weighted by molar-refractivity contribution is -0.142. The first-order valence-electron chi connectivity index (χ1n) is 12.2. The lowest BCUT2D eigenvalue weighted by Gasteiger charge is -2.30. The summed E-state index contributed by atoms with van der Waals surface area (Å²) >= 11 is 0. The first-order chi connectivity index (χ1) is 17.0. The Morgan fingerprint density at radius 1 is 0.944 bits per heavy atom. The van der Waals surface area contributed by atoms with Gasteiger partial charge in [-0.15, -0.1) is 0 Å². The van der Waals surface area contributed by atoms with Gasteiger partial charge in [-0.1, -0.05) is 57.2 Å². The van der Waals surface area contributed by atoms with Crippen LogP contribution in [-0.2, 0) is 27.2 Å². The fourth-order valence-electron chi connectivity index (χ4n) is 3.87. The monoisotopic (exact) mass is 495 g/mol. The molecule has 2 aromatic carbocycles. The van der Waals surface area contributed by atoms with E-state index in [0.717, 1.165) is 16.9 Å². The molecular formula is C28H37N3O5. The Labute approximate surface area is 213 Å². The number of nitrogens with zero attached hydrogens (tertiary/aromatic N) is 2. The second kappa shape index (κ2) is 11.5. The zero-order valence-electron chi connectivity index (χ0n) is 22.0. The largest absolute Gasteiger partial charge is 0.454 e. The highest BCUT2D eigenvalue weighted by molar-refractivity contribution is 5.92. The SMILES string of the molecule is CC(Cc1ccc2c(c1)OCO2)N(C)C(=O)CN(C)C(=O)C(Cc1ccccc1)NC(=O)C(C)(C)C. The second-order valence-corrected chi connectivity index (χ2v) is 10.4. The zero-order valence-corrected chi connectivity index (χ0v) is 22.0. The van der Waals surface area contributed by atoms with Crippen molar-refractivity contribution >= 4 is 17.7 Å². The number of carbonyl (C=O) groups is 3. The predicted octanol–water partition coefficient (Wildman–Crippen LogP) is 3.04. The normalized spacial score (nSPS) is 14.1. The van der Waals surface area contributed by atoms with E-state index in [0.29, 0.717) is 18.6 Å². The molecule has 2 atom stereocenters. The molecule has 1 N–H and O–H groups in total. The molecule has 1 aliphatic rings. The van der Waals surface area contributed by atoms with Gasteiger partial charge < -0.3 is 24.6 Å². The predicted molar refractivity (Wildman–Crippen MR) is 138 cm³/mol. The zero-order chi connectivity index (χ0) is 26.5. The molecule has 0 bridgehead atoms. The van der Waals surface area contributed by atoms with Gasteiger partial charge in [0.15, 0.2) is 11.5 Å². The summed E-state index contributed by atoms with van der Waals surface area (Å²) in [7, 11) is 3.33. The maximum Gasteiger partial charge on any atom is 0.245 e. The van der Waals surface area contributed by atoms with Gasteiger partial charge in [-0.2, -0.15) is 0 Å². The van der Waals surface area contributed by atoms with E-state index in [1.54, 1.807) is 39.8 Å². The first kappa shape index (κ1) is 27.0. The molecule has 8 nitrogen and oxygen atoms in total. The molecule has 0 aromatic heterocycles. The summed E-state index contributed by atoms with van der Waals surface area (Å²) < 4.78 is 10.8. The number of hydrogen-bond donors (Lipinski definition) is 1. The maximum absolute atomic E-state index is 13.4. The van der Waals surface area contributed by atoms with Crippen LogP contribution < -0.4 is 14.8 Å². The molecule has 3 amide bonds. The third kappa shape index (κ3) is 6.99. The van der Waals surface area contributed by atoms with Crippen LogP contribution in [0, 0.1) is 5.41 Å². The van der Waals surface area contributed by atoms with Crippen LogP contribution in [0.25, 0.3) is 0 Å². The molecule has 0 aliphatic carbocycles. The smallest absolute Gasteiger partial charge is 0.245 e. The topological polar surface area (TPSA) is 88.2 Å². The van der Waals surface area contributed by atoms with Crippen LogP contribution in [0.5, 0.6) is 11.5 Å². The van der Waals surface area contributed by atoms with E-state index in [2.05, 4.69) is 5.32 Å². The lowest BCUT2D eigenvalue weighted by atomic mass is 9.94. The van der Waals surface area contributed by atoms with Crippen LogP contribution in [0.4, 0.5) is 0 Å². The summed E-state index contributed by atoms with van der Waals surface area (Å²) in [5.41, 5.74) is 1.32. The number of rotatable bonds is 9. The molecule has 1 heterocycles. The molecule has 3 rings (SSSR count). The van der Waals surface area contributed by atoms with Gasteiger partial charge in [0.2, 0.25) is 24.5 Å². The van der Waals surface area contributed by atoms with Crippen LogP contribution in [0.1, 0.15) is 38.8 Å². The van der Waals surface area contributed by atoms with Crippen molar-refractivity contribution in [1.29, 1.82) is 0 Å². The van der Waals surface area contributed by atoms with Crippen molar-refractivity contribution in [2.75, 3.05) is 27.4 Å². The summed E-state index contributed by atoms with van der Waals surface area (Å²) in [4.78, 5) is 42.1. The molecule has 1 aliphatic heterocycles. The Kier molecular flexibility index (Phi) is 8.61. The number of likely N-dealkylation sites (N-methyl/N-ethyl adjacent to an activating group) is 2. The highest BCUT2D eigenvalue weighted by atomic mass is 16.7. The molecule has 0 saturated carbocycles. The van der Waals surface area contributed by atoms with Gasteiger partial charge in [-0.25, -0.2) is 0 Å². The summed E-state index contributed by atoms with van der Waals surface area (Å²) in [5.74, 6) is 0.729. The van der Waals surface area contributed by atoms with Crippen molar-refractivity contribution in [3.8, 4) is 11.5 Å². The lowest BCUT2D eigenvalue weighted by Crippen LogP contribution is -2.53. The Balaban J connectivity index is 1.63. The molecule has 2 aromatic rings. The van der Waals surface area contributed by atoms with Gasteiger partial charge in [0, 0.05) is 32.0 Å². The Hall–Kier alpha value is -3.55. The van der Waals surface area contributed by atoms with Crippen molar-refractivity contribution in [2.24, 2.45) is 5.41 Å². The number of amides is 3. The number of hydrogen-bond acceptors (Lipinski definition) is 5. The van der Waals surface area contributed by atoms with Crippen LogP contribution in [0.2, 0.25) is 0 Å². The molecule has 36 heavy (non-hydrogen) atoms. The molecule has 0 radical (unpaired) electrons. The first-order valence-corrected chi connectivity index (χ1v) is 12.2. The minimum absolute atomic E-state index is 0.0858. The highest BCUT2D eigenvalue weighted by Crippen LogP contribution is 2.33. The maximum atomic E-state index is 13.4. The number of fused-ring (bicyclic) bond motifs is 1. The Morgan fingerprint density at radius 2 is 1.61 bits per heavy atom. The second-order valence-electron chi connectivity index (χ2n) is 10.4. The summed E-state index contributed by atoms with van der Waals surface area (Å²) in [5, 5.41) is 2.89. The fraction of sp³-hybridized carbons (Fsp3) is 0.464. The van der Waals surface area contributed by atoms with E-state index in [1.807, 2.05) is 55.5 Å². The van der Waals surface area contributed by atoms with Gasteiger partial charge in [-0.3, -0.25) is 14.4 Å². The van der Waals surface area contributed by atoms with Crippen molar-refractivity contribution in [1.82, 2.24) is 15.1 Å². The standard InChI is InChI=1S/C28H37N3O5/c1-19(14-21-12-13-23-24(16-21)36-18-35-23)31(6)25(32)17-30(5)26(33)22(29-27(34)28(2,3)4)15-20-10-8-7-9-11-20/h7-13,16,19,22H,14-15,17-18H2,1-6H3,(H,29,34). The van der Waals surface area contributed by atoms with E-state index >= 15 is 0 Å². The minimum atomic E-state index is -0.770. The third-order valence-corrected chi connectivity index (χ3v) is 6.34. The average Bonchev–Trinajstić information content (AvgIpc) is 3.30. The van der Waals surface area contributed by atoms with Crippen molar-refractivity contribution < 1.29 is 23.9 Å². The van der Waals surface area contributed by atoms with Crippen molar-refractivity contribution in [3.63, 3.8) is 0 Å². The van der Waals surface area contributed by atoms with Gasteiger partial charge in [-0.05, 0) is 36.6 Å². The van der Waals surface area contributed by atoms with Crippen LogP contribution in [0.3, 0.4) is 0 Å². The Morgan fingerprint density at radius 3 is 2.28 bits per heavy atom. The third-order valence-electron chi connectivity index (χ3n) is 6.34. The number of carbonyl (C=O) groups excluding carboxylic acids is 3. The number of nitrogens with one attached hydrogen (secondary N) is 1. The molecule has 2 unspecified atom stereocenters. The molecule has 194 valence electrons. The Bertz CT molecular complexity index is 1080. The van der Waals surface area contributed by atoms with Gasteiger partial charge in [0.25, 0.3) is 0 Å². The molecule has 8 heteroatoms. The van der Waals surface area contributed by atoms with Crippen LogP contribution >= 0.6 is 0 Å². The fourth-order valence-corrected chi connectivity index (χ4v) is 3.87. The number of ether oxygens (including phenoxy) is 2. The average molecular weight is 496 g/mol. The molecular weight excluding hydrogens is 458 g/mol. The van der Waals surface area contributed by atoms with Crippen molar-refractivity contribution in [3.05, 3.63) is 59.7 Å². The van der Waals surface area contributed by atoms with E-state index in [9.17, 15) is 14.4 Å².